The lowest BCUT2D eigenvalue weighted by atomic mass is 10.1. The fraction of sp³-hybridized carbons (Fsp3) is 0.278. The van der Waals surface area contributed by atoms with Crippen LogP contribution in [-0.2, 0) is 4.84 Å². The molecule has 4 rings (SSSR count). The quantitative estimate of drug-likeness (QED) is 0.753. The fourth-order valence-electron chi connectivity index (χ4n) is 2.78. The highest BCUT2D eigenvalue weighted by Gasteiger charge is 2.28. The van der Waals surface area contributed by atoms with Crippen molar-refractivity contribution >= 4 is 17.3 Å². The zero-order chi connectivity index (χ0) is 18.3. The van der Waals surface area contributed by atoms with Crippen LogP contribution in [0.1, 0.15) is 37.9 Å². The van der Waals surface area contributed by atoms with Crippen LogP contribution in [0.25, 0.3) is 5.65 Å². The third-order valence-corrected chi connectivity index (χ3v) is 4.14. The summed E-state index contributed by atoms with van der Waals surface area (Å²) in [6.07, 6.45) is 3.53. The third-order valence-electron chi connectivity index (χ3n) is 4.14. The van der Waals surface area contributed by atoms with Gasteiger partial charge in [0.1, 0.15) is 11.6 Å². The van der Waals surface area contributed by atoms with Crippen LogP contribution in [0.4, 0.5) is 10.2 Å². The number of amidine groups is 1. The monoisotopic (exact) mass is 354 g/mol. The van der Waals surface area contributed by atoms with Gasteiger partial charge in [0.15, 0.2) is 17.2 Å². The van der Waals surface area contributed by atoms with Crippen molar-refractivity contribution in [3.63, 3.8) is 0 Å². The van der Waals surface area contributed by atoms with Crippen LogP contribution in [0, 0.1) is 5.82 Å². The predicted octanol–water partition coefficient (Wildman–Crippen LogP) is 3.06. The first-order valence-corrected chi connectivity index (χ1v) is 8.32. The molecular formula is C18H19FN6O. The Kier molecular flexibility index (Phi) is 3.84. The SMILES string of the molecule is C[C@H](Nc1ccn2ncc(C3=NC(C)(C)ON3)c2n1)c1ccc(F)cc1. The van der Waals surface area contributed by atoms with E-state index in [1.165, 1.54) is 12.1 Å². The van der Waals surface area contributed by atoms with Gasteiger partial charge in [-0.25, -0.2) is 29.2 Å². The molecule has 7 nitrogen and oxygen atoms in total. The molecule has 0 unspecified atom stereocenters. The molecule has 0 spiro atoms. The van der Waals surface area contributed by atoms with E-state index < -0.39 is 5.72 Å². The lowest BCUT2D eigenvalue weighted by Crippen LogP contribution is -2.23. The fourth-order valence-corrected chi connectivity index (χ4v) is 2.78. The molecule has 1 aliphatic rings. The van der Waals surface area contributed by atoms with E-state index in [0.717, 1.165) is 11.1 Å². The summed E-state index contributed by atoms with van der Waals surface area (Å²) in [5, 5.41) is 7.63. The second-order valence-electron chi connectivity index (χ2n) is 6.67. The topological polar surface area (TPSA) is 75.8 Å². The standard InChI is InChI=1S/C18H19FN6O/c1-11(12-4-6-13(19)7-5-12)21-15-8-9-25-17(22-15)14(10-20-25)16-23-18(2,3)26-24-16/h4-11H,1-3H3,(H,21,22)(H,23,24)/t11-/m0/s1. The molecule has 2 N–H and O–H groups in total. The number of rotatable bonds is 4. The van der Waals surface area contributed by atoms with E-state index in [4.69, 9.17) is 4.84 Å². The second-order valence-corrected chi connectivity index (χ2v) is 6.67. The maximum atomic E-state index is 13.1. The minimum Gasteiger partial charge on any atom is -0.363 e. The van der Waals surface area contributed by atoms with Crippen molar-refractivity contribution in [3.05, 3.63) is 59.7 Å². The van der Waals surface area contributed by atoms with Crippen LogP contribution in [0.3, 0.4) is 0 Å². The molecule has 1 atom stereocenters. The van der Waals surface area contributed by atoms with E-state index in [1.54, 1.807) is 22.8 Å². The number of hydroxylamine groups is 1. The van der Waals surface area contributed by atoms with Crippen molar-refractivity contribution in [2.24, 2.45) is 4.99 Å². The van der Waals surface area contributed by atoms with Gasteiger partial charge in [0.25, 0.3) is 0 Å². The van der Waals surface area contributed by atoms with Crippen LogP contribution in [0.15, 0.2) is 47.7 Å². The number of halogens is 1. The molecule has 0 saturated carbocycles. The van der Waals surface area contributed by atoms with E-state index in [2.05, 4.69) is 25.9 Å². The molecule has 8 heteroatoms. The highest BCUT2D eigenvalue weighted by atomic mass is 19.1. The number of benzene rings is 1. The van der Waals surface area contributed by atoms with Crippen LogP contribution in [-0.4, -0.2) is 26.2 Å². The third kappa shape index (κ3) is 3.11. The smallest absolute Gasteiger partial charge is 0.182 e. The zero-order valence-corrected chi connectivity index (χ0v) is 14.7. The van der Waals surface area contributed by atoms with Gasteiger partial charge in [-0.2, -0.15) is 5.10 Å². The molecule has 1 aliphatic heterocycles. The lowest BCUT2D eigenvalue weighted by Gasteiger charge is -2.15. The van der Waals surface area contributed by atoms with Gasteiger partial charge in [-0.1, -0.05) is 12.1 Å². The predicted molar refractivity (Wildman–Crippen MR) is 96.3 cm³/mol. The van der Waals surface area contributed by atoms with Crippen LogP contribution < -0.4 is 10.8 Å². The molecule has 26 heavy (non-hydrogen) atoms. The van der Waals surface area contributed by atoms with Gasteiger partial charge in [0.2, 0.25) is 0 Å². The summed E-state index contributed by atoms with van der Waals surface area (Å²) in [5.41, 5.74) is 4.60. The molecular weight excluding hydrogens is 335 g/mol. The van der Waals surface area contributed by atoms with Gasteiger partial charge in [-0.05, 0) is 44.5 Å². The molecule has 0 amide bonds. The van der Waals surface area contributed by atoms with E-state index >= 15 is 0 Å². The molecule has 0 radical (unpaired) electrons. The van der Waals surface area contributed by atoms with Crippen molar-refractivity contribution in [2.75, 3.05) is 5.32 Å². The number of nitrogens with one attached hydrogen (secondary N) is 2. The molecule has 0 bridgehead atoms. The van der Waals surface area contributed by atoms with Crippen molar-refractivity contribution in [3.8, 4) is 0 Å². The Morgan fingerprint density at radius 1 is 1.23 bits per heavy atom. The second kappa shape index (κ2) is 6.06. The van der Waals surface area contributed by atoms with Crippen molar-refractivity contribution < 1.29 is 9.23 Å². The van der Waals surface area contributed by atoms with Gasteiger partial charge in [-0.3, -0.25) is 0 Å². The van der Waals surface area contributed by atoms with Gasteiger partial charge >= 0.3 is 0 Å². The van der Waals surface area contributed by atoms with Gasteiger partial charge < -0.3 is 5.32 Å². The number of nitrogens with zero attached hydrogens (tertiary/aromatic N) is 4. The van der Waals surface area contributed by atoms with Crippen LogP contribution >= 0.6 is 0 Å². The Morgan fingerprint density at radius 2 is 2.00 bits per heavy atom. The molecule has 3 heterocycles. The number of hydrogen-bond donors (Lipinski definition) is 2. The Bertz CT molecular complexity index is 979. The number of aliphatic imine (C=N–C) groups is 1. The van der Waals surface area contributed by atoms with Gasteiger partial charge in [0.05, 0.1) is 11.8 Å². The molecule has 0 saturated heterocycles. The lowest BCUT2D eigenvalue weighted by molar-refractivity contribution is -0.0269. The number of aromatic nitrogens is 3. The van der Waals surface area contributed by atoms with Gasteiger partial charge in [-0.15, -0.1) is 0 Å². The number of anilines is 1. The highest BCUT2D eigenvalue weighted by molar-refractivity contribution is 6.03. The first-order valence-electron chi connectivity index (χ1n) is 8.32. The molecule has 0 fully saturated rings. The van der Waals surface area contributed by atoms with E-state index in [-0.39, 0.29) is 11.9 Å². The maximum absolute atomic E-state index is 13.1. The summed E-state index contributed by atoms with van der Waals surface area (Å²) in [4.78, 5) is 14.6. The Hall–Kier alpha value is -3.00. The molecule has 2 aromatic heterocycles. The van der Waals surface area contributed by atoms with Crippen LogP contribution in [0.5, 0.6) is 0 Å². The summed E-state index contributed by atoms with van der Waals surface area (Å²) < 4.78 is 14.8. The zero-order valence-electron chi connectivity index (χ0n) is 14.7. The van der Waals surface area contributed by atoms with E-state index in [0.29, 0.717) is 17.3 Å². The summed E-state index contributed by atoms with van der Waals surface area (Å²) in [6.45, 7) is 5.72. The minimum absolute atomic E-state index is 0.0267. The molecule has 1 aromatic carbocycles. The molecule has 134 valence electrons. The Balaban J connectivity index is 1.63. The van der Waals surface area contributed by atoms with E-state index in [9.17, 15) is 4.39 Å². The molecule has 3 aromatic rings. The first kappa shape index (κ1) is 16.5. The number of hydrogen-bond acceptors (Lipinski definition) is 6. The normalized spacial score (nSPS) is 17.0. The highest BCUT2D eigenvalue weighted by Crippen LogP contribution is 2.22. The van der Waals surface area contributed by atoms with Crippen molar-refractivity contribution in [2.45, 2.75) is 32.5 Å². The van der Waals surface area contributed by atoms with Crippen molar-refractivity contribution in [1.29, 1.82) is 0 Å². The minimum atomic E-state index is -0.628. The van der Waals surface area contributed by atoms with Gasteiger partial charge in [0, 0.05) is 12.2 Å². The first-order chi connectivity index (χ1) is 12.4. The maximum Gasteiger partial charge on any atom is 0.182 e. The Morgan fingerprint density at radius 3 is 2.69 bits per heavy atom. The van der Waals surface area contributed by atoms with Crippen LogP contribution in [0.2, 0.25) is 0 Å². The average Bonchev–Trinajstić information content (AvgIpc) is 3.17. The van der Waals surface area contributed by atoms with E-state index in [1.807, 2.05) is 33.0 Å². The summed E-state index contributed by atoms with van der Waals surface area (Å²) in [6, 6.07) is 8.23. The largest absolute Gasteiger partial charge is 0.363 e. The average molecular weight is 354 g/mol. The Labute approximate surface area is 149 Å². The number of fused-ring (bicyclic) bond motifs is 1. The summed E-state index contributed by atoms with van der Waals surface area (Å²) in [5.74, 6) is 1.04. The van der Waals surface area contributed by atoms with Crippen molar-refractivity contribution in [1.82, 2.24) is 20.1 Å². The summed E-state index contributed by atoms with van der Waals surface area (Å²) >= 11 is 0. The molecule has 0 aliphatic carbocycles. The summed E-state index contributed by atoms with van der Waals surface area (Å²) in [7, 11) is 0.